The van der Waals surface area contributed by atoms with Crippen molar-refractivity contribution in [3.8, 4) is 0 Å². The van der Waals surface area contributed by atoms with E-state index < -0.39 is 0 Å². The summed E-state index contributed by atoms with van der Waals surface area (Å²) < 4.78 is 5.38. The highest BCUT2D eigenvalue weighted by molar-refractivity contribution is 5.14. The normalized spacial score (nSPS) is 28.5. The lowest BCUT2D eigenvalue weighted by atomic mass is 9.99. The zero-order valence-corrected chi connectivity index (χ0v) is 10.7. The van der Waals surface area contributed by atoms with Crippen LogP contribution < -0.4 is 10.6 Å². The van der Waals surface area contributed by atoms with Crippen molar-refractivity contribution in [1.29, 1.82) is 0 Å². The van der Waals surface area contributed by atoms with Gasteiger partial charge in [-0.1, -0.05) is 30.3 Å². The lowest BCUT2D eigenvalue weighted by Crippen LogP contribution is -2.45. The van der Waals surface area contributed by atoms with Gasteiger partial charge < -0.3 is 15.4 Å². The zero-order valence-electron chi connectivity index (χ0n) is 10.7. The maximum absolute atomic E-state index is 5.38. The summed E-state index contributed by atoms with van der Waals surface area (Å²) in [6.45, 7) is 5.11. The summed E-state index contributed by atoms with van der Waals surface area (Å²) >= 11 is 0. The smallest absolute Gasteiger partial charge is 0.0713 e. The molecule has 2 atom stereocenters. The topological polar surface area (TPSA) is 33.3 Å². The molecule has 0 saturated carbocycles. The largest absolute Gasteiger partial charge is 0.380 e. The third-order valence-corrected chi connectivity index (χ3v) is 3.46. The molecule has 1 aromatic rings. The molecule has 0 radical (unpaired) electrons. The highest BCUT2D eigenvalue weighted by Gasteiger charge is 2.34. The first kappa shape index (κ1) is 12.6. The Labute approximate surface area is 104 Å². The summed E-state index contributed by atoms with van der Waals surface area (Å²) in [4.78, 5) is 0. The average Bonchev–Trinajstić information content (AvgIpc) is 2.73. The van der Waals surface area contributed by atoms with Gasteiger partial charge >= 0.3 is 0 Å². The minimum absolute atomic E-state index is 0.162. The molecule has 0 aliphatic carbocycles. The van der Waals surface area contributed by atoms with Crippen LogP contribution in [0, 0.1) is 0 Å². The van der Waals surface area contributed by atoms with E-state index in [4.69, 9.17) is 4.74 Å². The van der Waals surface area contributed by atoms with E-state index in [2.05, 4.69) is 41.8 Å². The molecule has 1 heterocycles. The molecule has 17 heavy (non-hydrogen) atoms. The Morgan fingerprint density at radius 3 is 2.82 bits per heavy atom. The second kappa shape index (κ2) is 5.63. The Balaban J connectivity index is 1.75. The Bertz CT molecular complexity index is 341. The lowest BCUT2D eigenvalue weighted by Gasteiger charge is -2.25. The van der Waals surface area contributed by atoms with E-state index >= 15 is 0 Å². The van der Waals surface area contributed by atoms with Gasteiger partial charge in [-0.05, 0) is 18.9 Å². The fraction of sp³-hybridized carbons (Fsp3) is 0.571. The fourth-order valence-corrected chi connectivity index (χ4v) is 2.39. The molecule has 2 N–H and O–H groups in total. The van der Waals surface area contributed by atoms with Crippen molar-refractivity contribution in [3.05, 3.63) is 35.9 Å². The van der Waals surface area contributed by atoms with Crippen LogP contribution in [0.3, 0.4) is 0 Å². The summed E-state index contributed by atoms with van der Waals surface area (Å²) in [7, 11) is 1.79. The maximum Gasteiger partial charge on any atom is 0.0713 e. The van der Waals surface area contributed by atoms with Crippen LogP contribution in [0.2, 0.25) is 0 Å². The van der Waals surface area contributed by atoms with Gasteiger partial charge in [-0.25, -0.2) is 0 Å². The SMILES string of the molecule is CO[C@H]1CN[C@@](C)(CNCc2ccccc2)C1. The van der Waals surface area contributed by atoms with E-state index in [9.17, 15) is 0 Å². The van der Waals surface area contributed by atoms with E-state index in [0.29, 0.717) is 6.10 Å². The molecule has 1 saturated heterocycles. The molecule has 0 amide bonds. The molecule has 1 aromatic carbocycles. The quantitative estimate of drug-likeness (QED) is 0.811. The van der Waals surface area contributed by atoms with Gasteiger partial charge in [0.05, 0.1) is 6.10 Å². The van der Waals surface area contributed by atoms with E-state index in [0.717, 1.165) is 26.1 Å². The van der Waals surface area contributed by atoms with Crippen LogP contribution in [-0.4, -0.2) is 31.8 Å². The minimum Gasteiger partial charge on any atom is -0.380 e. The molecular weight excluding hydrogens is 212 g/mol. The first-order valence-electron chi connectivity index (χ1n) is 6.24. The van der Waals surface area contributed by atoms with Crippen molar-refractivity contribution < 1.29 is 4.74 Å². The number of nitrogens with one attached hydrogen (secondary N) is 2. The van der Waals surface area contributed by atoms with Crippen LogP contribution in [0.1, 0.15) is 18.9 Å². The standard InChI is InChI=1S/C14H22N2O/c1-14(8-13(17-2)10-16-14)11-15-9-12-6-4-3-5-7-12/h3-7,13,15-16H,8-11H2,1-2H3/t13-,14-/m1/s1. The summed E-state index contributed by atoms with van der Waals surface area (Å²) in [5, 5.41) is 7.04. The molecule has 3 nitrogen and oxygen atoms in total. The number of methoxy groups -OCH3 is 1. The van der Waals surface area contributed by atoms with Crippen molar-refractivity contribution in [2.45, 2.75) is 31.5 Å². The second-order valence-corrected chi connectivity index (χ2v) is 5.09. The van der Waals surface area contributed by atoms with Gasteiger partial charge in [0.2, 0.25) is 0 Å². The monoisotopic (exact) mass is 234 g/mol. The number of ether oxygens (including phenoxy) is 1. The average molecular weight is 234 g/mol. The predicted molar refractivity (Wildman–Crippen MR) is 70.0 cm³/mol. The van der Waals surface area contributed by atoms with Gasteiger partial charge in [-0.15, -0.1) is 0 Å². The Morgan fingerprint density at radius 1 is 1.41 bits per heavy atom. The molecule has 0 unspecified atom stereocenters. The van der Waals surface area contributed by atoms with Gasteiger partial charge in [-0.3, -0.25) is 0 Å². The van der Waals surface area contributed by atoms with Crippen molar-refractivity contribution >= 4 is 0 Å². The number of hydrogen-bond donors (Lipinski definition) is 2. The van der Waals surface area contributed by atoms with Crippen LogP contribution in [0.25, 0.3) is 0 Å². The van der Waals surface area contributed by atoms with Crippen LogP contribution >= 0.6 is 0 Å². The minimum atomic E-state index is 0.162. The van der Waals surface area contributed by atoms with Crippen LogP contribution in [0.4, 0.5) is 0 Å². The zero-order chi connectivity index (χ0) is 12.1. The van der Waals surface area contributed by atoms with Gasteiger partial charge in [0.15, 0.2) is 0 Å². The van der Waals surface area contributed by atoms with E-state index in [1.807, 2.05) is 6.07 Å². The molecule has 0 bridgehead atoms. The third kappa shape index (κ3) is 3.53. The molecule has 0 aromatic heterocycles. The molecule has 2 rings (SSSR count). The molecule has 0 spiro atoms. The summed E-state index contributed by atoms with van der Waals surface area (Å²) in [6.07, 6.45) is 1.43. The van der Waals surface area contributed by atoms with Crippen LogP contribution in [0.5, 0.6) is 0 Å². The molecule has 1 fully saturated rings. The first-order valence-corrected chi connectivity index (χ1v) is 6.24. The number of rotatable bonds is 5. The Hall–Kier alpha value is -0.900. The Kier molecular flexibility index (Phi) is 4.15. The summed E-state index contributed by atoms with van der Waals surface area (Å²) in [5.74, 6) is 0. The lowest BCUT2D eigenvalue weighted by molar-refractivity contribution is 0.113. The van der Waals surface area contributed by atoms with E-state index in [-0.39, 0.29) is 5.54 Å². The molecule has 1 aliphatic heterocycles. The summed E-state index contributed by atoms with van der Waals surface area (Å²) in [6, 6.07) is 10.5. The van der Waals surface area contributed by atoms with Gasteiger partial charge in [0, 0.05) is 32.3 Å². The molecular formula is C14H22N2O. The fourth-order valence-electron chi connectivity index (χ4n) is 2.39. The number of benzene rings is 1. The maximum atomic E-state index is 5.38. The first-order chi connectivity index (χ1) is 8.22. The van der Waals surface area contributed by atoms with Gasteiger partial charge in [0.1, 0.15) is 0 Å². The van der Waals surface area contributed by atoms with Crippen LogP contribution in [0.15, 0.2) is 30.3 Å². The van der Waals surface area contributed by atoms with Crippen molar-refractivity contribution in [1.82, 2.24) is 10.6 Å². The number of hydrogen-bond acceptors (Lipinski definition) is 3. The van der Waals surface area contributed by atoms with Gasteiger partial charge in [-0.2, -0.15) is 0 Å². The highest BCUT2D eigenvalue weighted by atomic mass is 16.5. The predicted octanol–water partition coefficient (Wildman–Crippen LogP) is 1.54. The van der Waals surface area contributed by atoms with Crippen molar-refractivity contribution in [3.63, 3.8) is 0 Å². The third-order valence-electron chi connectivity index (χ3n) is 3.46. The van der Waals surface area contributed by atoms with E-state index in [1.165, 1.54) is 5.56 Å². The Morgan fingerprint density at radius 2 is 2.18 bits per heavy atom. The second-order valence-electron chi connectivity index (χ2n) is 5.09. The summed E-state index contributed by atoms with van der Waals surface area (Å²) in [5.41, 5.74) is 1.49. The van der Waals surface area contributed by atoms with Crippen LogP contribution in [-0.2, 0) is 11.3 Å². The van der Waals surface area contributed by atoms with E-state index in [1.54, 1.807) is 7.11 Å². The molecule has 3 heteroatoms. The molecule has 94 valence electrons. The highest BCUT2D eigenvalue weighted by Crippen LogP contribution is 2.20. The van der Waals surface area contributed by atoms with Crippen molar-refractivity contribution in [2.75, 3.05) is 20.2 Å². The van der Waals surface area contributed by atoms with Gasteiger partial charge in [0.25, 0.3) is 0 Å². The molecule has 1 aliphatic rings. The van der Waals surface area contributed by atoms with Crippen molar-refractivity contribution in [2.24, 2.45) is 0 Å².